The van der Waals surface area contributed by atoms with Crippen molar-refractivity contribution < 1.29 is 9.47 Å². The number of ether oxygens (including phenoxy) is 2. The fraction of sp³-hybridized carbons (Fsp3) is 0.333. The summed E-state index contributed by atoms with van der Waals surface area (Å²) >= 11 is 0. The minimum atomic E-state index is 0.203. The van der Waals surface area contributed by atoms with Crippen LogP contribution in [0.4, 0.5) is 5.82 Å². The number of hydrogen-bond donors (Lipinski definition) is 1. The quantitative estimate of drug-likeness (QED) is 0.929. The van der Waals surface area contributed by atoms with E-state index in [4.69, 9.17) is 9.47 Å². The van der Waals surface area contributed by atoms with E-state index in [2.05, 4.69) is 22.2 Å². The number of aromatic nitrogens is 2. The van der Waals surface area contributed by atoms with Crippen molar-refractivity contribution in [3.63, 3.8) is 0 Å². The Balaban J connectivity index is 2.10. The number of nitrogens with one attached hydrogen (secondary N) is 1. The smallest absolute Gasteiger partial charge is 0.165 e. The topological polar surface area (TPSA) is 56.3 Å². The van der Waals surface area contributed by atoms with E-state index in [0.29, 0.717) is 5.82 Å². The van der Waals surface area contributed by atoms with E-state index in [1.165, 1.54) is 5.56 Å². The number of hydrogen-bond acceptors (Lipinski definition) is 5. The number of anilines is 1. The molecule has 1 aromatic heterocycles. The highest BCUT2D eigenvalue weighted by atomic mass is 16.5. The summed E-state index contributed by atoms with van der Waals surface area (Å²) < 4.78 is 11.3. The van der Waals surface area contributed by atoms with Gasteiger partial charge in [-0.3, -0.25) is 0 Å². The molecule has 1 N–H and O–H groups in total. The Morgan fingerprint density at radius 1 is 1.40 bits per heavy atom. The first-order valence-corrected chi connectivity index (χ1v) is 6.60. The van der Waals surface area contributed by atoms with Gasteiger partial charge in [-0.25, -0.2) is 9.97 Å². The molecule has 0 aliphatic carbocycles. The molecule has 104 valence electrons. The molecule has 1 atom stereocenters. The fourth-order valence-electron chi connectivity index (χ4n) is 2.41. The second-order valence-corrected chi connectivity index (χ2v) is 4.81. The van der Waals surface area contributed by atoms with Gasteiger partial charge >= 0.3 is 0 Å². The maximum Gasteiger partial charge on any atom is 0.165 e. The van der Waals surface area contributed by atoms with E-state index in [-0.39, 0.29) is 6.10 Å². The van der Waals surface area contributed by atoms with Crippen LogP contribution in [-0.2, 0) is 6.42 Å². The molecule has 3 rings (SSSR count). The zero-order valence-corrected chi connectivity index (χ0v) is 11.8. The monoisotopic (exact) mass is 271 g/mol. The highest BCUT2D eigenvalue weighted by Crippen LogP contribution is 2.38. The van der Waals surface area contributed by atoms with E-state index < -0.39 is 0 Å². The van der Waals surface area contributed by atoms with Gasteiger partial charge in [0, 0.05) is 25.2 Å². The first-order valence-electron chi connectivity index (χ1n) is 6.60. The van der Waals surface area contributed by atoms with Crippen LogP contribution in [0.2, 0.25) is 0 Å². The Labute approximate surface area is 118 Å². The molecular formula is C15H17N3O2. The van der Waals surface area contributed by atoms with Crippen LogP contribution < -0.4 is 14.8 Å². The van der Waals surface area contributed by atoms with Gasteiger partial charge in [0.2, 0.25) is 0 Å². The van der Waals surface area contributed by atoms with Gasteiger partial charge < -0.3 is 14.8 Å². The Morgan fingerprint density at radius 2 is 2.25 bits per heavy atom. The van der Waals surface area contributed by atoms with Crippen LogP contribution in [-0.4, -0.2) is 30.2 Å². The van der Waals surface area contributed by atoms with Crippen molar-refractivity contribution in [2.45, 2.75) is 19.4 Å². The van der Waals surface area contributed by atoms with Crippen LogP contribution >= 0.6 is 0 Å². The Morgan fingerprint density at radius 3 is 3.00 bits per heavy atom. The Hall–Kier alpha value is -2.30. The standard InChI is InChI=1S/C15H17N3O2/c1-9-6-10-7-13(19-3)11(8-12(10)20-9)15-17-5-4-14(16-2)18-15/h4-5,7-9H,6H2,1-3H3,(H,16,17,18). The maximum atomic E-state index is 5.80. The summed E-state index contributed by atoms with van der Waals surface area (Å²) in [6.07, 6.45) is 2.84. The highest BCUT2D eigenvalue weighted by Gasteiger charge is 2.23. The molecule has 0 saturated carbocycles. The van der Waals surface area contributed by atoms with Gasteiger partial charge in [-0.2, -0.15) is 0 Å². The lowest BCUT2D eigenvalue weighted by Crippen LogP contribution is -2.05. The molecule has 1 unspecified atom stereocenters. The van der Waals surface area contributed by atoms with E-state index in [1.54, 1.807) is 13.3 Å². The number of fused-ring (bicyclic) bond motifs is 1. The summed E-state index contributed by atoms with van der Waals surface area (Å²) in [7, 11) is 3.49. The first kappa shape index (κ1) is 12.7. The van der Waals surface area contributed by atoms with E-state index >= 15 is 0 Å². The molecule has 1 aliphatic heterocycles. The van der Waals surface area contributed by atoms with Crippen LogP contribution in [0.25, 0.3) is 11.4 Å². The summed E-state index contributed by atoms with van der Waals surface area (Å²) in [5, 5.41) is 3.01. The molecule has 2 aromatic rings. The minimum Gasteiger partial charge on any atom is -0.496 e. The summed E-state index contributed by atoms with van der Waals surface area (Å²) in [5.41, 5.74) is 2.01. The summed E-state index contributed by atoms with van der Waals surface area (Å²) in [6.45, 7) is 2.06. The molecule has 5 heteroatoms. The zero-order valence-electron chi connectivity index (χ0n) is 11.8. The lowest BCUT2D eigenvalue weighted by atomic mass is 10.1. The molecule has 0 bridgehead atoms. The molecule has 0 amide bonds. The number of methoxy groups -OCH3 is 1. The van der Waals surface area contributed by atoms with E-state index in [0.717, 1.165) is 29.3 Å². The normalized spacial score (nSPS) is 16.4. The van der Waals surface area contributed by atoms with Gasteiger partial charge in [0.15, 0.2) is 5.82 Å². The van der Waals surface area contributed by atoms with Crippen molar-refractivity contribution in [3.8, 4) is 22.9 Å². The van der Waals surface area contributed by atoms with Crippen molar-refractivity contribution in [1.29, 1.82) is 0 Å². The summed E-state index contributed by atoms with van der Waals surface area (Å²) in [4.78, 5) is 8.78. The molecule has 0 radical (unpaired) electrons. The number of nitrogens with zero attached hydrogens (tertiary/aromatic N) is 2. The lowest BCUT2D eigenvalue weighted by molar-refractivity contribution is 0.254. The molecule has 2 heterocycles. The molecule has 20 heavy (non-hydrogen) atoms. The maximum absolute atomic E-state index is 5.80. The Kier molecular flexibility index (Phi) is 3.18. The van der Waals surface area contributed by atoms with Crippen LogP contribution in [0.5, 0.6) is 11.5 Å². The molecule has 0 spiro atoms. The highest BCUT2D eigenvalue weighted by molar-refractivity contribution is 5.69. The second kappa shape index (κ2) is 5.00. The first-order chi connectivity index (χ1) is 9.71. The van der Waals surface area contributed by atoms with Crippen LogP contribution in [0, 0.1) is 0 Å². The number of benzene rings is 1. The second-order valence-electron chi connectivity index (χ2n) is 4.81. The third-order valence-corrected chi connectivity index (χ3v) is 3.37. The van der Waals surface area contributed by atoms with Crippen molar-refractivity contribution in [2.75, 3.05) is 19.5 Å². The predicted octanol–water partition coefficient (Wildman–Crippen LogP) is 2.52. The number of rotatable bonds is 3. The molecule has 0 saturated heterocycles. The molecular weight excluding hydrogens is 254 g/mol. The van der Waals surface area contributed by atoms with Crippen molar-refractivity contribution in [2.24, 2.45) is 0 Å². The van der Waals surface area contributed by atoms with Crippen LogP contribution in [0.1, 0.15) is 12.5 Å². The molecule has 0 fully saturated rings. The SMILES string of the molecule is CNc1ccnc(-c2cc3c(cc2OC)CC(C)O3)n1. The Bertz CT molecular complexity index is 643. The van der Waals surface area contributed by atoms with Crippen LogP contribution in [0.3, 0.4) is 0 Å². The van der Waals surface area contributed by atoms with Crippen molar-refractivity contribution in [1.82, 2.24) is 9.97 Å². The van der Waals surface area contributed by atoms with Gasteiger partial charge in [0.25, 0.3) is 0 Å². The lowest BCUT2D eigenvalue weighted by Gasteiger charge is -2.10. The minimum absolute atomic E-state index is 0.203. The van der Waals surface area contributed by atoms with Gasteiger partial charge in [0.1, 0.15) is 23.4 Å². The average molecular weight is 271 g/mol. The van der Waals surface area contributed by atoms with Crippen LogP contribution in [0.15, 0.2) is 24.4 Å². The average Bonchev–Trinajstić information content (AvgIpc) is 2.84. The predicted molar refractivity (Wildman–Crippen MR) is 77.4 cm³/mol. The van der Waals surface area contributed by atoms with Gasteiger partial charge in [-0.1, -0.05) is 0 Å². The molecule has 1 aromatic carbocycles. The van der Waals surface area contributed by atoms with Gasteiger partial charge in [-0.15, -0.1) is 0 Å². The fourth-order valence-corrected chi connectivity index (χ4v) is 2.41. The summed E-state index contributed by atoms with van der Waals surface area (Å²) in [5.74, 6) is 3.06. The van der Waals surface area contributed by atoms with Gasteiger partial charge in [0.05, 0.1) is 12.7 Å². The van der Waals surface area contributed by atoms with Crippen molar-refractivity contribution in [3.05, 3.63) is 30.0 Å². The van der Waals surface area contributed by atoms with E-state index in [1.807, 2.05) is 25.2 Å². The third kappa shape index (κ3) is 2.15. The summed E-state index contributed by atoms with van der Waals surface area (Å²) in [6, 6.07) is 5.80. The van der Waals surface area contributed by atoms with Crippen molar-refractivity contribution >= 4 is 5.82 Å². The van der Waals surface area contributed by atoms with Gasteiger partial charge in [-0.05, 0) is 25.1 Å². The molecule has 1 aliphatic rings. The largest absolute Gasteiger partial charge is 0.496 e. The molecule has 5 nitrogen and oxygen atoms in total. The zero-order chi connectivity index (χ0) is 14.1. The van der Waals surface area contributed by atoms with E-state index in [9.17, 15) is 0 Å². The third-order valence-electron chi connectivity index (χ3n) is 3.37.